The van der Waals surface area contributed by atoms with Gasteiger partial charge in [0.15, 0.2) is 0 Å². The van der Waals surface area contributed by atoms with Gasteiger partial charge in [0.05, 0.1) is 6.42 Å². The molecule has 3 N–H and O–H groups in total. The number of hydrazone groups is 1. The lowest BCUT2D eigenvalue weighted by molar-refractivity contribution is -0.136. The smallest absolute Gasteiger partial charge is 0.325 e. The first kappa shape index (κ1) is 23.1. The number of benzene rings is 2. The predicted octanol–water partition coefficient (Wildman–Crippen LogP) is 4.03. The summed E-state index contributed by atoms with van der Waals surface area (Å²) >= 11 is 6.00. The van der Waals surface area contributed by atoms with Crippen molar-refractivity contribution in [3.63, 3.8) is 0 Å². The zero-order valence-corrected chi connectivity index (χ0v) is 18.4. The highest BCUT2D eigenvalue weighted by molar-refractivity contribution is 6.40. The topological polar surface area (TPSA) is 99.7 Å². The Morgan fingerprint density at radius 2 is 1.53 bits per heavy atom. The van der Waals surface area contributed by atoms with E-state index in [-0.39, 0.29) is 12.3 Å². The van der Waals surface area contributed by atoms with Crippen LogP contribution in [-0.2, 0) is 14.4 Å². The summed E-state index contributed by atoms with van der Waals surface area (Å²) in [6, 6.07) is 8.90. The Bertz CT molecular complexity index is 1010. The van der Waals surface area contributed by atoms with E-state index in [1.165, 1.54) is 0 Å². The van der Waals surface area contributed by atoms with E-state index < -0.39 is 11.8 Å². The molecular formula is C22H25ClN4O3. The molecule has 0 spiro atoms. The maximum atomic E-state index is 12.3. The Labute approximate surface area is 180 Å². The van der Waals surface area contributed by atoms with E-state index in [1.54, 1.807) is 25.1 Å². The van der Waals surface area contributed by atoms with E-state index in [0.717, 1.165) is 27.9 Å². The predicted molar refractivity (Wildman–Crippen MR) is 120 cm³/mol. The Kier molecular flexibility index (Phi) is 7.72. The minimum atomic E-state index is -0.948. The van der Waals surface area contributed by atoms with Gasteiger partial charge in [-0.2, -0.15) is 5.10 Å². The lowest BCUT2D eigenvalue weighted by Crippen LogP contribution is -2.33. The number of carbonyl (C=O) groups is 3. The van der Waals surface area contributed by atoms with Crippen molar-refractivity contribution < 1.29 is 14.4 Å². The number of amides is 3. The Morgan fingerprint density at radius 3 is 2.13 bits per heavy atom. The molecule has 0 saturated carbocycles. The van der Waals surface area contributed by atoms with Crippen LogP contribution in [0.2, 0.25) is 5.02 Å². The maximum Gasteiger partial charge on any atom is 0.329 e. The van der Waals surface area contributed by atoms with Gasteiger partial charge in [0, 0.05) is 22.1 Å². The van der Waals surface area contributed by atoms with Gasteiger partial charge in [0.1, 0.15) is 0 Å². The molecule has 2 aromatic rings. The van der Waals surface area contributed by atoms with Crippen molar-refractivity contribution >= 4 is 46.4 Å². The second kappa shape index (κ2) is 10.0. The minimum absolute atomic E-state index is 0.0256. The molecule has 3 amide bonds. The number of hydrogen-bond acceptors (Lipinski definition) is 4. The zero-order chi connectivity index (χ0) is 22.4. The molecule has 0 aliphatic carbocycles. The van der Waals surface area contributed by atoms with Crippen LogP contribution in [0, 0.1) is 27.7 Å². The van der Waals surface area contributed by atoms with Crippen molar-refractivity contribution in [3.05, 3.63) is 57.6 Å². The SMILES string of the molecule is C/C(CC(=O)Nc1c(C)cc(C)cc1C)=N\NC(=O)C(=O)Nc1ccc(C)c(Cl)c1. The Hall–Kier alpha value is -3.19. The van der Waals surface area contributed by atoms with Crippen molar-refractivity contribution in [2.75, 3.05) is 10.6 Å². The van der Waals surface area contributed by atoms with Crippen molar-refractivity contribution in [3.8, 4) is 0 Å². The maximum absolute atomic E-state index is 12.3. The van der Waals surface area contributed by atoms with Crippen LogP contribution in [0.5, 0.6) is 0 Å². The third-order valence-corrected chi connectivity index (χ3v) is 4.75. The van der Waals surface area contributed by atoms with Gasteiger partial charge < -0.3 is 10.6 Å². The summed E-state index contributed by atoms with van der Waals surface area (Å²) in [5.41, 5.74) is 7.58. The van der Waals surface area contributed by atoms with Crippen LogP contribution in [0.15, 0.2) is 35.4 Å². The first-order valence-corrected chi connectivity index (χ1v) is 9.73. The van der Waals surface area contributed by atoms with Gasteiger partial charge in [-0.25, -0.2) is 5.43 Å². The molecule has 7 nitrogen and oxygen atoms in total. The molecule has 0 aliphatic rings. The van der Waals surface area contributed by atoms with Gasteiger partial charge in [0.2, 0.25) is 5.91 Å². The van der Waals surface area contributed by atoms with Crippen LogP contribution in [0.3, 0.4) is 0 Å². The minimum Gasteiger partial charge on any atom is -0.325 e. The third-order valence-electron chi connectivity index (χ3n) is 4.34. The molecular weight excluding hydrogens is 404 g/mol. The van der Waals surface area contributed by atoms with E-state index in [4.69, 9.17) is 11.6 Å². The molecule has 158 valence electrons. The molecule has 0 saturated heterocycles. The van der Waals surface area contributed by atoms with Crippen LogP contribution < -0.4 is 16.1 Å². The second-order valence-corrected chi connectivity index (χ2v) is 7.61. The highest BCUT2D eigenvalue weighted by Gasteiger charge is 2.14. The number of rotatable bonds is 5. The van der Waals surface area contributed by atoms with E-state index in [2.05, 4.69) is 21.2 Å². The monoisotopic (exact) mass is 428 g/mol. The molecule has 0 radical (unpaired) electrons. The van der Waals surface area contributed by atoms with Gasteiger partial charge in [-0.1, -0.05) is 35.4 Å². The first-order chi connectivity index (χ1) is 14.1. The molecule has 0 atom stereocenters. The summed E-state index contributed by atoms with van der Waals surface area (Å²) in [4.78, 5) is 36.2. The van der Waals surface area contributed by atoms with Crippen molar-refractivity contribution in [1.29, 1.82) is 0 Å². The average Bonchev–Trinajstić information content (AvgIpc) is 2.65. The van der Waals surface area contributed by atoms with Crippen LogP contribution in [-0.4, -0.2) is 23.4 Å². The summed E-state index contributed by atoms with van der Waals surface area (Å²) in [5, 5.41) is 9.61. The number of hydrogen-bond donors (Lipinski definition) is 3. The number of aryl methyl sites for hydroxylation is 4. The standard InChI is InChI=1S/C22H25ClN4O3/c1-12-8-14(3)20(15(4)9-12)25-19(28)10-16(5)26-27-22(30)21(29)24-17-7-6-13(2)18(23)11-17/h6-9,11H,10H2,1-5H3,(H,24,29)(H,25,28)(H,27,30)/b26-16+. The Morgan fingerprint density at radius 1 is 0.900 bits per heavy atom. The first-order valence-electron chi connectivity index (χ1n) is 9.35. The fraction of sp³-hybridized carbons (Fsp3) is 0.273. The molecule has 2 rings (SSSR count). The molecule has 0 aliphatic heterocycles. The highest BCUT2D eigenvalue weighted by atomic mass is 35.5. The molecule has 30 heavy (non-hydrogen) atoms. The third kappa shape index (κ3) is 6.42. The van der Waals surface area contributed by atoms with E-state index in [9.17, 15) is 14.4 Å². The Balaban J connectivity index is 1.90. The van der Waals surface area contributed by atoms with E-state index in [1.807, 2.05) is 39.8 Å². The number of nitrogens with one attached hydrogen (secondary N) is 3. The zero-order valence-electron chi connectivity index (χ0n) is 17.6. The summed E-state index contributed by atoms with van der Waals surface area (Å²) < 4.78 is 0. The molecule has 0 unspecified atom stereocenters. The van der Waals surface area contributed by atoms with Gasteiger partial charge >= 0.3 is 11.8 Å². The lowest BCUT2D eigenvalue weighted by Gasteiger charge is -2.12. The largest absolute Gasteiger partial charge is 0.329 e. The second-order valence-electron chi connectivity index (χ2n) is 7.20. The lowest BCUT2D eigenvalue weighted by atomic mass is 10.0. The summed E-state index contributed by atoms with van der Waals surface area (Å²) in [6.07, 6.45) is -0.0256. The highest BCUT2D eigenvalue weighted by Crippen LogP contribution is 2.22. The average molecular weight is 429 g/mol. The van der Waals surface area contributed by atoms with Crippen LogP contribution >= 0.6 is 11.6 Å². The molecule has 8 heteroatoms. The van der Waals surface area contributed by atoms with Crippen LogP contribution in [0.1, 0.15) is 35.6 Å². The van der Waals surface area contributed by atoms with Crippen LogP contribution in [0.25, 0.3) is 0 Å². The van der Waals surface area contributed by atoms with Gasteiger partial charge in [0.25, 0.3) is 0 Å². The molecule has 2 aromatic carbocycles. The van der Waals surface area contributed by atoms with Crippen molar-refractivity contribution in [2.24, 2.45) is 5.10 Å². The van der Waals surface area contributed by atoms with E-state index in [0.29, 0.717) is 16.4 Å². The summed E-state index contributed by atoms with van der Waals surface area (Å²) in [5.74, 6) is -2.10. The van der Waals surface area contributed by atoms with Crippen LogP contribution in [0.4, 0.5) is 11.4 Å². The van der Waals surface area contributed by atoms with Crippen molar-refractivity contribution in [1.82, 2.24) is 5.43 Å². The number of halogens is 1. The number of nitrogens with zero attached hydrogens (tertiary/aromatic N) is 1. The number of anilines is 2. The fourth-order valence-corrected chi connectivity index (χ4v) is 3.07. The molecule has 0 aromatic heterocycles. The fourth-order valence-electron chi connectivity index (χ4n) is 2.89. The quantitative estimate of drug-likeness (QED) is 0.380. The molecule has 0 heterocycles. The van der Waals surface area contributed by atoms with Gasteiger partial charge in [-0.3, -0.25) is 14.4 Å². The normalized spacial score (nSPS) is 11.1. The van der Waals surface area contributed by atoms with Crippen molar-refractivity contribution in [2.45, 2.75) is 41.0 Å². The summed E-state index contributed by atoms with van der Waals surface area (Å²) in [6.45, 7) is 9.27. The number of carbonyl (C=O) groups excluding carboxylic acids is 3. The van der Waals surface area contributed by atoms with Gasteiger partial charge in [-0.15, -0.1) is 0 Å². The summed E-state index contributed by atoms with van der Waals surface area (Å²) in [7, 11) is 0. The molecule has 0 fully saturated rings. The molecule has 0 bridgehead atoms. The van der Waals surface area contributed by atoms with Gasteiger partial charge in [-0.05, 0) is 63.4 Å². The van der Waals surface area contributed by atoms with E-state index >= 15 is 0 Å².